The number of piperazine rings is 1. The summed E-state index contributed by atoms with van der Waals surface area (Å²) in [6.07, 6.45) is 1.47. The van der Waals surface area contributed by atoms with Gasteiger partial charge in [-0.25, -0.2) is 4.98 Å². The second-order valence-electron chi connectivity index (χ2n) is 7.05. The van der Waals surface area contributed by atoms with Gasteiger partial charge in [-0.05, 0) is 18.2 Å². The van der Waals surface area contributed by atoms with Crippen molar-refractivity contribution in [2.75, 3.05) is 49.1 Å². The number of carbonyl (C=O) groups excluding carboxylic acids is 2. The summed E-state index contributed by atoms with van der Waals surface area (Å²) in [5.74, 6) is 1.13. The fraction of sp³-hybridized carbons (Fsp3) is 0.350. The lowest BCUT2D eigenvalue weighted by Gasteiger charge is -2.36. The number of hydrogen-bond acceptors (Lipinski definition) is 7. The van der Waals surface area contributed by atoms with Gasteiger partial charge in [0.15, 0.2) is 6.61 Å². The molecule has 1 aromatic heterocycles. The van der Waals surface area contributed by atoms with Gasteiger partial charge in [0, 0.05) is 45.2 Å². The highest BCUT2D eigenvalue weighted by Gasteiger charge is 2.27. The van der Waals surface area contributed by atoms with E-state index in [1.807, 2.05) is 29.2 Å². The molecule has 10 nitrogen and oxygen atoms in total. The second-order valence-corrected chi connectivity index (χ2v) is 7.05. The van der Waals surface area contributed by atoms with E-state index < -0.39 is 4.92 Å². The maximum absolute atomic E-state index is 12.7. The molecule has 1 fully saturated rings. The molecule has 0 bridgehead atoms. The Morgan fingerprint density at radius 3 is 2.60 bits per heavy atom. The molecule has 2 aliphatic rings. The minimum absolute atomic E-state index is 0.0110. The molecule has 0 spiro atoms. The Kier molecular flexibility index (Phi) is 5.46. The average molecular weight is 411 g/mol. The van der Waals surface area contributed by atoms with E-state index in [0.29, 0.717) is 50.0 Å². The lowest BCUT2D eigenvalue weighted by molar-refractivity contribution is -0.385. The molecular weight excluding hydrogens is 390 g/mol. The van der Waals surface area contributed by atoms with Crippen LogP contribution in [0.1, 0.15) is 6.42 Å². The van der Waals surface area contributed by atoms with E-state index in [1.165, 1.54) is 12.3 Å². The van der Waals surface area contributed by atoms with E-state index in [4.69, 9.17) is 4.74 Å². The predicted molar refractivity (Wildman–Crippen MR) is 109 cm³/mol. The zero-order valence-corrected chi connectivity index (χ0v) is 16.3. The number of hydrogen-bond donors (Lipinski definition) is 0. The molecule has 0 radical (unpaired) electrons. The first-order valence-corrected chi connectivity index (χ1v) is 9.68. The molecular formula is C20H21N5O5. The van der Waals surface area contributed by atoms with Crippen LogP contribution in [0.25, 0.3) is 0 Å². The minimum Gasteiger partial charge on any atom is -0.482 e. The standard InChI is InChI=1S/C20H21N5O5/c26-19(7-8-24-16-3-1-2-4-17(16)30-14-20(24)27)23-11-9-22(10-12-23)18-6-5-15(13-21-18)25(28)29/h1-6,13H,7-12,14H2. The molecule has 156 valence electrons. The number of benzene rings is 1. The van der Waals surface area contributed by atoms with Crippen LogP contribution in [-0.4, -0.2) is 66.0 Å². The van der Waals surface area contributed by atoms with Crippen LogP contribution in [0, 0.1) is 10.1 Å². The topological polar surface area (TPSA) is 109 Å². The Morgan fingerprint density at radius 1 is 1.13 bits per heavy atom. The number of para-hydroxylation sites is 2. The van der Waals surface area contributed by atoms with Gasteiger partial charge < -0.3 is 19.4 Å². The number of pyridine rings is 1. The van der Waals surface area contributed by atoms with Crippen LogP contribution in [0.3, 0.4) is 0 Å². The first kappa shape index (κ1) is 19.6. The van der Waals surface area contributed by atoms with Gasteiger partial charge >= 0.3 is 0 Å². The highest BCUT2D eigenvalue weighted by atomic mass is 16.6. The van der Waals surface area contributed by atoms with Crippen LogP contribution >= 0.6 is 0 Å². The predicted octanol–water partition coefficient (Wildman–Crippen LogP) is 1.45. The quantitative estimate of drug-likeness (QED) is 0.541. The lowest BCUT2D eigenvalue weighted by atomic mass is 10.2. The fourth-order valence-electron chi connectivity index (χ4n) is 3.62. The van der Waals surface area contributed by atoms with Crippen molar-refractivity contribution in [1.82, 2.24) is 9.88 Å². The van der Waals surface area contributed by atoms with E-state index in [-0.39, 0.29) is 30.5 Å². The van der Waals surface area contributed by atoms with Crippen LogP contribution < -0.4 is 14.5 Å². The van der Waals surface area contributed by atoms with E-state index in [2.05, 4.69) is 4.98 Å². The molecule has 0 saturated carbocycles. The molecule has 2 amide bonds. The number of amides is 2. The van der Waals surface area contributed by atoms with Crippen LogP contribution in [0.2, 0.25) is 0 Å². The maximum atomic E-state index is 12.7. The molecule has 10 heteroatoms. The molecule has 3 heterocycles. The summed E-state index contributed by atoms with van der Waals surface area (Å²) in [6.45, 7) is 2.54. The van der Waals surface area contributed by atoms with Crippen molar-refractivity contribution in [3.63, 3.8) is 0 Å². The minimum atomic E-state index is -0.481. The zero-order valence-electron chi connectivity index (χ0n) is 16.3. The zero-order chi connectivity index (χ0) is 21.1. The maximum Gasteiger partial charge on any atom is 0.287 e. The Labute approximate surface area is 172 Å². The van der Waals surface area contributed by atoms with Gasteiger partial charge in [0.05, 0.1) is 10.6 Å². The second kappa shape index (κ2) is 8.36. The highest BCUT2D eigenvalue weighted by molar-refractivity contribution is 5.98. The summed E-state index contributed by atoms with van der Waals surface area (Å²) in [5, 5.41) is 10.7. The average Bonchev–Trinajstić information content (AvgIpc) is 2.78. The number of nitro groups is 1. The van der Waals surface area contributed by atoms with E-state index in [0.717, 1.165) is 0 Å². The Bertz CT molecular complexity index is 956. The normalized spacial score (nSPS) is 16.1. The summed E-state index contributed by atoms with van der Waals surface area (Å²) in [4.78, 5) is 44.7. The van der Waals surface area contributed by atoms with Crippen molar-refractivity contribution in [3.05, 3.63) is 52.7 Å². The Morgan fingerprint density at radius 2 is 1.90 bits per heavy atom. The molecule has 0 aliphatic carbocycles. The third kappa shape index (κ3) is 4.02. The van der Waals surface area contributed by atoms with Crippen molar-refractivity contribution in [2.24, 2.45) is 0 Å². The number of rotatable bonds is 5. The third-order valence-electron chi connectivity index (χ3n) is 5.26. The number of nitrogens with zero attached hydrogens (tertiary/aromatic N) is 5. The highest BCUT2D eigenvalue weighted by Crippen LogP contribution is 2.31. The van der Waals surface area contributed by atoms with Crippen molar-refractivity contribution < 1.29 is 19.2 Å². The molecule has 0 N–H and O–H groups in total. The van der Waals surface area contributed by atoms with Crippen molar-refractivity contribution in [1.29, 1.82) is 0 Å². The van der Waals surface area contributed by atoms with Crippen LogP contribution in [0.15, 0.2) is 42.6 Å². The fourth-order valence-corrected chi connectivity index (χ4v) is 3.62. The smallest absolute Gasteiger partial charge is 0.287 e. The summed E-state index contributed by atoms with van der Waals surface area (Å²) in [7, 11) is 0. The van der Waals surface area contributed by atoms with Crippen molar-refractivity contribution >= 4 is 29.0 Å². The number of anilines is 2. The van der Waals surface area contributed by atoms with Gasteiger partial charge in [-0.15, -0.1) is 0 Å². The number of carbonyl (C=O) groups is 2. The molecule has 1 saturated heterocycles. The van der Waals surface area contributed by atoms with Gasteiger partial charge in [0.25, 0.3) is 11.6 Å². The largest absolute Gasteiger partial charge is 0.482 e. The molecule has 0 unspecified atom stereocenters. The third-order valence-corrected chi connectivity index (χ3v) is 5.26. The van der Waals surface area contributed by atoms with Gasteiger partial charge in [-0.1, -0.05) is 12.1 Å². The molecule has 4 rings (SSSR count). The molecule has 30 heavy (non-hydrogen) atoms. The monoisotopic (exact) mass is 411 g/mol. The van der Waals surface area contributed by atoms with Gasteiger partial charge in [-0.2, -0.15) is 0 Å². The van der Waals surface area contributed by atoms with E-state index in [9.17, 15) is 19.7 Å². The SMILES string of the molecule is O=C(CCN1C(=O)COc2ccccc21)N1CCN(c2ccc([N+](=O)[O-])cn2)CC1. The summed E-state index contributed by atoms with van der Waals surface area (Å²) in [5.41, 5.74) is 0.641. The van der Waals surface area contributed by atoms with Crippen molar-refractivity contribution in [3.8, 4) is 5.75 Å². The number of ether oxygens (including phenoxy) is 1. The van der Waals surface area contributed by atoms with Crippen LogP contribution in [0.5, 0.6) is 5.75 Å². The van der Waals surface area contributed by atoms with Crippen molar-refractivity contribution in [2.45, 2.75) is 6.42 Å². The van der Waals surface area contributed by atoms with Crippen LogP contribution in [0.4, 0.5) is 17.2 Å². The molecule has 2 aromatic rings. The van der Waals surface area contributed by atoms with Crippen LogP contribution in [-0.2, 0) is 9.59 Å². The Balaban J connectivity index is 1.31. The lowest BCUT2D eigenvalue weighted by Crippen LogP contribution is -2.50. The Hall–Kier alpha value is -3.69. The van der Waals surface area contributed by atoms with Gasteiger partial charge in [-0.3, -0.25) is 19.7 Å². The van der Waals surface area contributed by atoms with Gasteiger partial charge in [0.2, 0.25) is 5.91 Å². The number of fused-ring (bicyclic) bond motifs is 1. The summed E-state index contributed by atoms with van der Waals surface area (Å²) in [6, 6.07) is 10.3. The first-order chi connectivity index (χ1) is 14.5. The summed E-state index contributed by atoms with van der Waals surface area (Å²) >= 11 is 0. The van der Waals surface area contributed by atoms with E-state index in [1.54, 1.807) is 15.9 Å². The molecule has 1 aromatic carbocycles. The van der Waals surface area contributed by atoms with Gasteiger partial charge in [0.1, 0.15) is 17.8 Å². The molecule has 2 aliphatic heterocycles. The first-order valence-electron chi connectivity index (χ1n) is 9.68. The summed E-state index contributed by atoms with van der Waals surface area (Å²) < 4.78 is 5.43. The van der Waals surface area contributed by atoms with E-state index >= 15 is 0 Å². The number of aromatic nitrogens is 1. The molecule has 0 atom stereocenters.